The lowest BCUT2D eigenvalue weighted by Gasteiger charge is -2.46. The first-order chi connectivity index (χ1) is 8.90. The first-order valence-corrected chi connectivity index (χ1v) is 6.90. The molecule has 2 aliphatic heterocycles. The number of carbonyl (C=O) groups excluding carboxylic acids is 2. The molecule has 0 saturated carbocycles. The molecule has 0 aromatic heterocycles. The highest BCUT2D eigenvalue weighted by molar-refractivity contribution is 5.68. The van der Waals surface area contributed by atoms with Crippen LogP contribution in [0.25, 0.3) is 0 Å². The minimum absolute atomic E-state index is 0.255. The number of amides is 1. The van der Waals surface area contributed by atoms with Gasteiger partial charge in [-0.15, -0.1) is 0 Å². The maximum atomic E-state index is 12.1. The van der Waals surface area contributed by atoms with E-state index in [-0.39, 0.29) is 17.9 Å². The largest absolute Gasteiger partial charge is 0.444 e. The van der Waals surface area contributed by atoms with Crippen molar-refractivity contribution in [2.24, 2.45) is 17.8 Å². The van der Waals surface area contributed by atoms with Crippen LogP contribution in [-0.2, 0) is 14.3 Å². The van der Waals surface area contributed by atoms with Crippen molar-refractivity contribution in [3.8, 4) is 0 Å². The molecule has 0 radical (unpaired) electrons. The Kier molecular flexibility index (Phi) is 4.13. The molecule has 0 N–H and O–H groups in total. The topological polar surface area (TPSA) is 55.8 Å². The molecule has 2 atom stereocenters. The van der Waals surface area contributed by atoms with Gasteiger partial charge < -0.3 is 19.2 Å². The smallest absolute Gasteiger partial charge is 0.410 e. The predicted octanol–water partition coefficient (Wildman–Crippen LogP) is 1.70. The second kappa shape index (κ2) is 5.49. The summed E-state index contributed by atoms with van der Waals surface area (Å²) in [7, 11) is 0. The number of nitrogens with zero attached hydrogens (tertiary/aromatic N) is 1. The van der Waals surface area contributed by atoms with E-state index in [0.29, 0.717) is 38.6 Å². The fourth-order valence-corrected chi connectivity index (χ4v) is 2.99. The molecular formula is C14H23NO4. The van der Waals surface area contributed by atoms with E-state index in [4.69, 9.17) is 9.47 Å². The second-order valence-electron chi connectivity index (χ2n) is 6.51. The molecule has 2 saturated heterocycles. The molecule has 2 rings (SSSR count). The third-order valence-electron chi connectivity index (χ3n) is 3.80. The van der Waals surface area contributed by atoms with E-state index in [1.807, 2.05) is 20.8 Å². The third-order valence-corrected chi connectivity index (χ3v) is 3.80. The van der Waals surface area contributed by atoms with Crippen molar-refractivity contribution in [1.82, 2.24) is 4.90 Å². The summed E-state index contributed by atoms with van der Waals surface area (Å²) in [4.78, 5) is 24.6. The Labute approximate surface area is 114 Å². The van der Waals surface area contributed by atoms with Crippen LogP contribution in [0.3, 0.4) is 0 Å². The van der Waals surface area contributed by atoms with Crippen LogP contribution < -0.4 is 0 Å². The van der Waals surface area contributed by atoms with Crippen LogP contribution in [0, 0.1) is 17.8 Å². The van der Waals surface area contributed by atoms with Crippen molar-refractivity contribution in [1.29, 1.82) is 0 Å². The van der Waals surface area contributed by atoms with Crippen LogP contribution >= 0.6 is 0 Å². The summed E-state index contributed by atoms with van der Waals surface area (Å²) >= 11 is 0. The van der Waals surface area contributed by atoms with E-state index in [1.54, 1.807) is 4.90 Å². The van der Waals surface area contributed by atoms with Gasteiger partial charge in [-0.3, -0.25) is 0 Å². The highest BCUT2D eigenvalue weighted by atomic mass is 16.6. The fraction of sp³-hybridized carbons (Fsp3) is 0.857. The predicted molar refractivity (Wildman–Crippen MR) is 69.8 cm³/mol. The summed E-state index contributed by atoms with van der Waals surface area (Å²) in [5, 5.41) is 0. The molecule has 2 bridgehead atoms. The number of aldehydes is 1. The Bertz CT molecular complexity index is 336. The fourth-order valence-electron chi connectivity index (χ4n) is 2.99. The van der Waals surface area contributed by atoms with Crippen LogP contribution in [0.1, 0.15) is 27.2 Å². The van der Waals surface area contributed by atoms with Gasteiger partial charge in [0, 0.05) is 31.3 Å². The molecule has 1 amide bonds. The third kappa shape index (κ3) is 3.47. The normalized spacial score (nSPS) is 30.9. The van der Waals surface area contributed by atoms with Crippen molar-refractivity contribution in [2.45, 2.75) is 32.8 Å². The molecule has 0 aromatic carbocycles. The summed E-state index contributed by atoms with van der Waals surface area (Å²) in [6.07, 6.45) is 1.30. The Balaban J connectivity index is 2.00. The lowest BCUT2D eigenvalue weighted by molar-refractivity contribution is -0.116. The molecule has 2 aliphatic rings. The molecule has 108 valence electrons. The molecule has 0 aliphatic carbocycles. The summed E-state index contributed by atoms with van der Waals surface area (Å²) in [6, 6.07) is 0. The van der Waals surface area contributed by atoms with Gasteiger partial charge in [0.1, 0.15) is 11.9 Å². The van der Waals surface area contributed by atoms with Gasteiger partial charge in [-0.2, -0.15) is 0 Å². The molecule has 2 unspecified atom stereocenters. The number of rotatable bonds is 2. The van der Waals surface area contributed by atoms with Gasteiger partial charge in [0.15, 0.2) is 0 Å². The molecule has 0 spiro atoms. The number of piperidine rings is 1. The first kappa shape index (κ1) is 14.3. The summed E-state index contributed by atoms with van der Waals surface area (Å²) in [5.74, 6) is 0.861. The number of likely N-dealkylation sites (tertiary alicyclic amines) is 1. The Hall–Kier alpha value is -1.10. The number of ether oxygens (including phenoxy) is 2. The molecule has 0 aromatic rings. The van der Waals surface area contributed by atoms with Crippen molar-refractivity contribution < 1.29 is 19.1 Å². The molecule has 5 heteroatoms. The van der Waals surface area contributed by atoms with Crippen LogP contribution in [0.4, 0.5) is 4.79 Å². The minimum atomic E-state index is -0.470. The van der Waals surface area contributed by atoms with Gasteiger partial charge >= 0.3 is 6.09 Å². The van der Waals surface area contributed by atoms with Gasteiger partial charge in [0.2, 0.25) is 0 Å². The Morgan fingerprint density at radius 3 is 2.37 bits per heavy atom. The van der Waals surface area contributed by atoms with Gasteiger partial charge in [-0.25, -0.2) is 4.79 Å². The number of fused-ring (bicyclic) bond motifs is 2. The van der Waals surface area contributed by atoms with E-state index < -0.39 is 5.60 Å². The van der Waals surface area contributed by atoms with Crippen LogP contribution in [0.2, 0.25) is 0 Å². The molecule has 2 heterocycles. The average molecular weight is 269 g/mol. The Morgan fingerprint density at radius 2 is 1.89 bits per heavy atom. The number of hydrogen-bond donors (Lipinski definition) is 0. The van der Waals surface area contributed by atoms with Gasteiger partial charge in [0.05, 0.1) is 13.2 Å². The molecule has 5 nitrogen and oxygen atoms in total. The van der Waals surface area contributed by atoms with E-state index in [0.717, 1.165) is 6.29 Å². The van der Waals surface area contributed by atoms with Crippen LogP contribution in [0.5, 0.6) is 0 Å². The summed E-state index contributed by atoms with van der Waals surface area (Å²) < 4.78 is 11.0. The average Bonchev–Trinajstić information content (AvgIpc) is 2.26. The number of hydrogen-bond acceptors (Lipinski definition) is 4. The summed E-state index contributed by atoms with van der Waals surface area (Å²) in [6.45, 7) is 8.13. The SMILES string of the molecule is CC(C)(C)OC(=O)N1CC2COCC(C1)C2CC=O. The van der Waals surface area contributed by atoms with Gasteiger partial charge in [0.25, 0.3) is 0 Å². The zero-order chi connectivity index (χ0) is 14.0. The first-order valence-electron chi connectivity index (χ1n) is 6.90. The second-order valence-corrected chi connectivity index (χ2v) is 6.51. The van der Waals surface area contributed by atoms with Crippen molar-refractivity contribution >= 4 is 12.4 Å². The van der Waals surface area contributed by atoms with Crippen molar-refractivity contribution in [2.75, 3.05) is 26.3 Å². The molecular weight excluding hydrogens is 246 g/mol. The van der Waals surface area contributed by atoms with E-state index in [9.17, 15) is 9.59 Å². The van der Waals surface area contributed by atoms with Crippen molar-refractivity contribution in [3.63, 3.8) is 0 Å². The standard InChI is InChI=1S/C14H23NO4/c1-14(2,3)19-13(17)15-6-10-8-18-9-11(7-15)12(10)4-5-16/h5,10-12H,4,6-9H2,1-3H3. The lowest BCUT2D eigenvalue weighted by atomic mass is 9.75. The lowest BCUT2D eigenvalue weighted by Crippen LogP contribution is -2.55. The highest BCUT2D eigenvalue weighted by Gasteiger charge is 2.42. The van der Waals surface area contributed by atoms with Crippen molar-refractivity contribution in [3.05, 3.63) is 0 Å². The maximum absolute atomic E-state index is 12.1. The molecule has 19 heavy (non-hydrogen) atoms. The van der Waals surface area contributed by atoms with Gasteiger partial charge in [-0.05, 0) is 26.7 Å². The quantitative estimate of drug-likeness (QED) is 0.716. The zero-order valence-electron chi connectivity index (χ0n) is 11.9. The maximum Gasteiger partial charge on any atom is 0.410 e. The van der Waals surface area contributed by atoms with Crippen LogP contribution in [-0.4, -0.2) is 49.2 Å². The molecule has 2 fully saturated rings. The highest BCUT2D eigenvalue weighted by Crippen LogP contribution is 2.35. The zero-order valence-corrected chi connectivity index (χ0v) is 11.9. The Morgan fingerprint density at radius 1 is 1.32 bits per heavy atom. The van der Waals surface area contributed by atoms with Crippen LogP contribution in [0.15, 0.2) is 0 Å². The summed E-state index contributed by atoms with van der Waals surface area (Å²) in [5.41, 5.74) is -0.470. The van der Waals surface area contributed by atoms with Gasteiger partial charge in [-0.1, -0.05) is 0 Å². The number of carbonyl (C=O) groups is 2. The van der Waals surface area contributed by atoms with E-state index in [1.165, 1.54) is 0 Å². The van der Waals surface area contributed by atoms with E-state index in [2.05, 4.69) is 0 Å². The van der Waals surface area contributed by atoms with E-state index >= 15 is 0 Å². The monoisotopic (exact) mass is 269 g/mol. The minimum Gasteiger partial charge on any atom is -0.444 e.